The van der Waals surface area contributed by atoms with Gasteiger partial charge in [0.15, 0.2) is 11.4 Å². The Labute approximate surface area is 201 Å². The number of nitrogens with one attached hydrogen (secondary N) is 1. The highest BCUT2D eigenvalue weighted by molar-refractivity contribution is 6.31. The molecule has 2 aromatic carbocycles. The van der Waals surface area contributed by atoms with Crippen molar-refractivity contribution in [3.63, 3.8) is 0 Å². The van der Waals surface area contributed by atoms with Crippen LogP contribution in [0.5, 0.6) is 5.75 Å². The summed E-state index contributed by atoms with van der Waals surface area (Å²) in [6.45, 7) is -0.320. The quantitative estimate of drug-likeness (QED) is 0.533. The molecule has 7 nitrogen and oxygen atoms in total. The molecule has 0 radical (unpaired) electrons. The molecule has 0 aliphatic carbocycles. The van der Waals surface area contributed by atoms with Crippen LogP contribution in [0, 0.1) is 17.5 Å². The van der Waals surface area contributed by atoms with Gasteiger partial charge in [0.05, 0.1) is 11.7 Å². The summed E-state index contributed by atoms with van der Waals surface area (Å²) in [5, 5.41) is 12.3. The van der Waals surface area contributed by atoms with Crippen molar-refractivity contribution in [3.05, 3.63) is 91.6 Å². The molecule has 0 fully saturated rings. The average molecular weight is 504 g/mol. The predicted molar refractivity (Wildman–Crippen MR) is 120 cm³/mol. The fraction of sp³-hybridized carbons (Fsp3) is 0.208. The lowest BCUT2D eigenvalue weighted by Crippen LogP contribution is -2.45. The number of carbonyl (C=O) groups is 2. The SMILES string of the molecule is O=C(NCc1ccc(F)c(Cl)c1F)c1cn2c(c(O)c1=O)C(=O)N1CC2CCc2cccc(F)c21. The van der Waals surface area contributed by atoms with Gasteiger partial charge < -0.3 is 19.9 Å². The van der Waals surface area contributed by atoms with Crippen LogP contribution in [0.4, 0.5) is 18.9 Å². The van der Waals surface area contributed by atoms with E-state index in [0.29, 0.717) is 18.4 Å². The van der Waals surface area contributed by atoms with Crippen LogP contribution in [0.2, 0.25) is 5.02 Å². The molecule has 35 heavy (non-hydrogen) atoms. The largest absolute Gasteiger partial charge is 0.503 e. The Morgan fingerprint density at radius 1 is 1.14 bits per heavy atom. The molecule has 0 saturated carbocycles. The number of anilines is 1. The van der Waals surface area contributed by atoms with Crippen LogP contribution in [-0.2, 0) is 13.0 Å². The summed E-state index contributed by atoms with van der Waals surface area (Å²) < 4.78 is 43.5. The third kappa shape index (κ3) is 3.65. The minimum Gasteiger partial charge on any atom is -0.503 e. The van der Waals surface area contributed by atoms with Gasteiger partial charge in [-0.2, -0.15) is 0 Å². The number of fused-ring (bicyclic) bond motifs is 6. The van der Waals surface area contributed by atoms with E-state index >= 15 is 0 Å². The van der Waals surface area contributed by atoms with E-state index in [2.05, 4.69) is 5.32 Å². The molecule has 3 aromatic rings. The number of aromatic nitrogens is 1. The first-order chi connectivity index (χ1) is 16.7. The first kappa shape index (κ1) is 23.0. The lowest BCUT2D eigenvalue weighted by Gasteiger charge is -2.35. The van der Waals surface area contributed by atoms with E-state index in [-0.39, 0.29) is 23.5 Å². The third-order valence-electron chi connectivity index (χ3n) is 6.33. The predicted octanol–water partition coefficient (Wildman–Crippen LogP) is 3.70. The van der Waals surface area contributed by atoms with Crippen molar-refractivity contribution in [2.24, 2.45) is 0 Å². The molecule has 2 aliphatic rings. The van der Waals surface area contributed by atoms with Crippen LogP contribution in [0.25, 0.3) is 0 Å². The highest BCUT2D eigenvalue weighted by Gasteiger charge is 2.39. The number of hydrogen-bond donors (Lipinski definition) is 2. The summed E-state index contributed by atoms with van der Waals surface area (Å²) in [5.41, 5.74) is -1.28. The number of benzene rings is 2. The Balaban J connectivity index is 1.50. The van der Waals surface area contributed by atoms with Crippen molar-refractivity contribution < 1.29 is 27.9 Å². The second-order valence-corrected chi connectivity index (χ2v) is 8.73. The second kappa shape index (κ2) is 8.46. The van der Waals surface area contributed by atoms with Crippen LogP contribution in [0.1, 0.15) is 44.4 Å². The molecule has 0 saturated heterocycles. The van der Waals surface area contributed by atoms with E-state index in [1.165, 1.54) is 21.7 Å². The topological polar surface area (TPSA) is 91.6 Å². The lowest BCUT2D eigenvalue weighted by molar-refractivity contribution is 0.0929. The van der Waals surface area contributed by atoms with Crippen molar-refractivity contribution in [2.75, 3.05) is 11.4 Å². The number of aromatic hydroxyl groups is 1. The molecule has 180 valence electrons. The molecule has 1 aromatic heterocycles. The summed E-state index contributed by atoms with van der Waals surface area (Å²) in [7, 11) is 0. The number of aryl methyl sites for hydroxylation is 1. The van der Waals surface area contributed by atoms with Crippen molar-refractivity contribution in [2.45, 2.75) is 25.4 Å². The molecule has 11 heteroatoms. The molecular weight excluding hydrogens is 487 g/mol. The zero-order valence-corrected chi connectivity index (χ0v) is 18.7. The van der Waals surface area contributed by atoms with Crippen LogP contribution in [0.3, 0.4) is 0 Å². The van der Waals surface area contributed by atoms with E-state index in [9.17, 15) is 32.7 Å². The number of nitrogens with zero attached hydrogens (tertiary/aromatic N) is 2. The lowest BCUT2D eigenvalue weighted by atomic mass is 10.0. The van der Waals surface area contributed by atoms with E-state index < -0.39 is 63.6 Å². The van der Waals surface area contributed by atoms with Crippen LogP contribution in [-0.4, -0.2) is 28.0 Å². The number of carbonyl (C=O) groups excluding carboxylic acids is 2. The molecule has 2 aliphatic heterocycles. The number of para-hydroxylation sites is 1. The Morgan fingerprint density at radius 3 is 2.69 bits per heavy atom. The van der Waals surface area contributed by atoms with Gasteiger partial charge >= 0.3 is 0 Å². The molecule has 0 spiro atoms. The maximum atomic E-state index is 14.6. The van der Waals surface area contributed by atoms with Crippen LogP contribution < -0.4 is 15.6 Å². The molecule has 3 heterocycles. The monoisotopic (exact) mass is 503 g/mol. The van der Waals surface area contributed by atoms with Gasteiger partial charge in [0.1, 0.15) is 28.0 Å². The number of pyridine rings is 1. The van der Waals surface area contributed by atoms with Gasteiger partial charge in [-0.05, 0) is 30.5 Å². The van der Waals surface area contributed by atoms with Gasteiger partial charge in [-0.25, -0.2) is 13.2 Å². The summed E-state index contributed by atoms with van der Waals surface area (Å²) in [5.74, 6) is -5.23. The van der Waals surface area contributed by atoms with Crippen molar-refractivity contribution in [3.8, 4) is 5.75 Å². The minimum absolute atomic E-state index is 0.0857. The van der Waals surface area contributed by atoms with Crippen LogP contribution >= 0.6 is 11.6 Å². The summed E-state index contributed by atoms with van der Waals surface area (Å²) in [6, 6.07) is 6.09. The van der Waals surface area contributed by atoms with Crippen molar-refractivity contribution >= 4 is 29.1 Å². The Bertz CT molecular complexity index is 1470. The molecule has 1 atom stereocenters. The first-order valence-electron chi connectivity index (χ1n) is 10.7. The van der Waals surface area contributed by atoms with Gasteiger partial charge in [-0.3, -0.25) is 14.4 Å². The van der Waals surface area contributed by atoms with Crippen LogP contribution in [0.15, 0.2) is 41.3 Å². The Hall–Kier alpha value is -3.79. The molecular formula is C24H17ClF3N3O4. The highest BCUT2D eigenvalue weighted by Crippen LogP contribution is 2.38. The number of halogens is 4. The number of rotatable bonds is 3. The first-order valence-corrected chi connectivity index (χ1v) is 11.0. The summed E-state index contributed by atoms with van der Waals surface area (Å²) in [6.07, 6.45) is 2.06. The highest BCUT2D eigenvalue weighted by atomic mass is 35.5. The minimum atomic E-state index is -1.10. The van der Waals surface area contributed by atoms with Gasteiger partial charge in [0.2, 0.25) is 5.43 Å². The number of amides is 2. The maximum absolute atomic E-state index is 14.6. The molecule has 2 bridgehead atoms. The Morgan fingerprint density at radius 2 is 1.91 bits per heavy atom. The second-order valence-electron chi connectivity index (χ2n) is 8.35. The smallest absolute Gasteiger partial charge is 0.279 e. The summed E-state index contributed by atoms with van der Waals surface area (Å²) in [4.78, 5) is 40.0. The van der Waals surface area contributed by atoms with Gasteiger partial charge in [0.25, 0.3) is 11.8 Å². The molecule has 5 rings (SSSR count). The summed E-state index contributed by atoms with van der Waals surface area (Å²) >= 11 is 5.55. The molecule has 2 N–H and O–H groups in total. The third-order valence-corrected chi connectivity index (χ3v) is 6.68. The zero-order valence-electron chi connectivity index (χ0n) is 17.9. The number of hydrogen-bond acceptors (Lipinski definition) is 4. The zero-order chi connectivity index (χ0) is 25.0. The fourth-order valence-corrected chi connectivity index (χ4v) is 4.76. The normalized spacial score (nSPS) is 16.4. The van der Waals surface area contributed by atoms with Crippen molar-refractivity contribution in [1.29, 1.82) is 0 Å². The van der Waals surface area contributed by atoms with E-state index in [4.69, 9.17) is 11.6 Å². The maximum Gasteiger partial charge on any atom is 0.279 e. The Kier molecular flexibility index (Phi) is 5.55. The molecule has 2 amide bonds. The fourth-order valence-electron chi connectivity index (χ4n) is 4.57. The average Bonchev–Trinajstić information content (AvgIpc) is 3.01. The van der Waals surface area contributed by atoms with Gasteiger partial charge in [-0.1, -0.05) is 29.8 Å². The molecule has 1 unspecified atom stereocenters. The van der Waals surface area contributed by atoms with E-state index in [1.54, 1.807) is 12.1 Å². The van der Waals surface area contributed by atoms with Crippen molar-refractivity contribution in [1.82, 2.24) is 9.88 Å². The standard InChI is InChI=1S/C24H17ClF3N3O4/c25-17-15(26)7-5-12(18(17)28)8-29-23(34)14-10-30-13-6-4-11-2-1-3-16(27)19(11)31(9-13)24(35)20(30)22(33)21(14)32/h1-3,5,7,10,13,33H,4,6,8-9H2,(H,29,34). The van der Waals surface area contributed by atoms with Gasteiger partial charge in [0, 0.05) is 24.8 Å². The van der Waals surface area contributed by atoms with E-state index in [0.717, 1.165) is 12.1 Å². The van der Waals surface area contributed by atoms with Gasteiger partial charge in [-0.15, -0.1) is 0 Å². The van der Waals surface area contributed by atoms with E-state index in [1.807, 2.05) is 0 Å².